The summed E-state index contributed by atoms with van der Waals surface area (Å²) in [7, 11) is 0. The summed E-state index contributed by atoms with van der Waals surface area (Å²) >= 11 is 1.72. The maximum atomic E-state index is 5.47. The molecule has 0 spiro atoms. The molecule has 0 atom stereocenters. The Bertz CT molecular complexity index is 477. The fraction of sp³-hybridized carbons (Fsp3) is 0.545. The molecular weight excluding hydrogens is 248 g/mol. The first kappa shape index (κ1) is 13.1. The topological polar surface area (TPSA) is 81.7 Å². The second-order valence-corrected chi connectivity index (χ2v) is 5.00. The number of nitrogens with one attached hydrogen (secondary N) is 1. The van der Waals surface area contributed by atoms with Crippen molar-refractivity contribution in [3.63, 3.8) is 0 Å². The molecule has 0 unspecified atom stereocenters. The Morgan fingerprint density at radius 2 is 2.33 bits per heavy atom. The van der Waals surface area contributed by atoms with Crippen molar-refractivity contribution in [2.24, 2.45) is 5.73 Å². The van der Waals surface area contributed by atoms with Crippen LogP contribution in [-0.4, -0.2) is 33.1 Å². The summed E-state index contributed by atoms with van der Waals surface area (Å²) in [5.74, 6) is 0. The van der Waals surface area contributed by atoms with E-state index < -0.39 is 0 Å². The fourth-order valence-corrected chi connectivity index (χ4v) is 2.35. The van der Waals surface area contributed by atoms with Crippen LogP contribution in [0, 0.1) is 6.92 Å². The average Bonchev–Trinajstić information content (AvgIpc) is 2.98. The Kier molecular flexibility index (Phi) is 4.80. The number of rotatable bonds is 7. The zero-order valence-corrected chi connectivity index (χ0v) is 11.3. The monoisotopic (exact) mass is 266 g/mol. The van der Waals surface area contributed by atoms with Crippen molar-refractivity contribution >= 4 is 11.3 Å². The zero-order valence-electron chi connectivity index (χ0n) is 10.5. The van der Waals surface area contributed by atoms with Crippen LogP contribution in [0.1, 0.15) is 16.4 Å². The molecule has 0 radical (unpaired) electrons. The van der Waals surface area contributed by atoms with E-state index in [4.69, 9.17) is 5.73 Å². The lowest BCUT2D eigenvalue weighted by Gasteiger charge is -2.02. The third kappa shape index (κ3) is 3.86. The van der Waals surface area contributed by atoms with Crippen LogP contribution in [0.25, 0.3) is 0 Å². The lowest BCUT2D eigenvalue weighted by molar-refractivity contribution is 0.541. The molecule has 0 aromatic carbocycles. The standard InChI is InChI=1S/C11H18N6S/c1-9-8-18-11(14-9)2-3-13-4-5-17-7-10(6-12)15-16-17/h7-8,13H,2-6,12H2,1H3. The van der Waals surface area contributed by atoms with Gasteiger partial charge in [0.1, 0.15) is 0 Å². The van der Waals surface area contributed by atoms with Gasteiger partial charge in [0.05, 0.1) is 17.2 Å². The van der Waals surface area contributed by atoms with Gasteiger partial charge in [-0.3, -0.25) is 4.68 Å². The van der Waals surface area contributed by atoms with Gasteiger partial charge in [0.2, 0.25) is 0 Å². The summed E-state index contributed by atoms with van der Waals surface area (Å²) in [6, 6.07) is 0. The summed E-state index contributed by atoms with van der Waals surface area (Å²) in [4.78, 5) is 4.42. The van der Waals surface area contributed by atoms with Crippen LogP contribution in [0.15, 0.2) is 11.6 Å². The predicted molar refractivity (Wildman–Crippen MR) is 71.3 cm³/mol. The van der Waals surface area contributed by atoms with Crippen molar-refractivity contribution < 1.29 is 0 Å². The van der Waals surface area contributed by atoms with Gasteiger partial charge in [0, 0.05) is 43.3 Å². The number of hydrogen-bond donors (Lipinski definition) is 2. The molecule has 3 N–H and O–H groups in total. The summed E-state index contributed by atoms with van der Waals surface area (Å²) in [5, 5.41) is 14.6. The van der Waals surface area contributed by atoms with Gasteiger partial charge in [-0.2, -0.15) is 0 Å². The van der Waals surface area contributed by atoms with Gasteiger partial charge in [0.15, 0.2) is 0 Å². The highest BCUT2D eigenvalue weighted by Crippen LogP contribution is 2.08. The Labute approximate surface area is 110 Å². The summed E-state index contributed by atoms with van der Waals surface area (Å²) < 4.78 is 1.81. The molecule has 6 nitrogen and oxygen atoms in total. The number of nitrogens with two attached hydrogens (primary N) is 1. The molecule has 2 rings (SSSR count). The van der Waals surface area contributed by atoms with Crippen molar-refractivity contribution in [3.05, 3.63) is 28.0 Å². The second-order valence-electron chi connectivity index (χ2n) is 4.06. The lowest BCUT2D eigenvalue weighted by atomic mass is 10.4. The molecule has 0 saturated carbocycles. The van der Waals surface area contributed by atoms with Crippen LogP contribution in [-0.2, 0) is 19.5 Å². The third-order valence-corrected chi connectivity index (χ3v) is 3.52. The molecule has 2 aromatic heterocycles. The molecule has 98 valence electrons. The summed E-state index contributed by atoms with van der Waals surface area (Å²) in [6.07, 6.45) is 2.86. The van der Waals surface area contributed by atoms with E-state index in [1.54, 1.807) is 11.3 Å². The van der Waals surface area contributed by atoms with Gasteiger partial charge in [-0.1, -0.05) is 5.21 Å². The second kappa shape index (κ2) is 6.58. The molecule has 0 amide bonds. The quantitative estimate of drug-likeness (QED) is 0.706. The molecule has 0 saturated heterocycles. The van der Waals surface area contributed by atoms with Crippen molar-refractivity contribution in [1.82, 2.24) is 25.3 Å². The van der Waals surface area contributed by atoms with E-state index in [0.29, 0.717) is 6.54 Å². The maximum absolute atomic E-state index is 5.47. The molecule has 7 heteroatoms. The first-order valence-electron chi connectivity index (χ1n) is 5.98. The summed E-state index contributed by atoms with van der Waals surface area (Å²) in [5.41, 5.74) is 7.40. The van der Waals surface area contributed by atoms with Crippen molar-refractivity contribution in [2.45, 2.75) is 26.4 Å². The van der Waals surface area contributed by atoms with Crippen LogP contribution in [0.2, 0.25) is 0 Å². The lowest BCUT2D eigenvalue weighted by Crippen LogP contribution is -2.22. The van der Waals surface area contributed by atoms with E-state index in [9.17, 15) is 0 Å². The normalized spacial score (nSPS) is 11.0. The van der Waals surface area contributed by atoms with E-state index in [0.717, 1.165) is 37.4 Å². The minimum Gasteiger partial charge on any atom is -0.325 e. The van der Waals surface area contributed by atoms with Gasteiger partial charge in [0.25, 0.3) is 0 Å². The molecule has 2 heterocycles. The Morgan fingerprint density at radius 1 is 1.44 bits per heavy atom. The minimum absolute atomic E-state index is 0.441. The Hall–Kier alpha value is -1.31. The van der Waals surface area contributed by atoms with Crippen LogP contribution < -0.4 is 11.1 Å². The number of aryl methyl sites for hydroxylation is 1. The molecular formula is C11H18N6S. The predicted octanol–water partition coefficient (Wildman–Crippen LogP) is 0.334. The highest BCUT2D eigenvalue weighted by atomic mass is 32.1. The number of hydrogen-bond acceptors (Lipinski definition) is 6. The highest BCUT2D eigenvalue weighted by Gasteiger charge is 1.99. The number of aromatic nitrogens is 4. The maximum Gasteiger partial charge on any atom is 0.0962 e. The molecule has 0 aliphatic carbocycles. The van der Waals surface area contributed by atoms with Crippen molar-refractivity contribution in [2.75, 3.05) is 13.1 Å². The average molecular weight is 266 g/mol. The number of thiazole rings is 1. The zero-order chi connectivity index (χ0) is 12.8. The molecule has 18 heavy (non-hydrogen) atoms. The van der Waals surface area contributed by atoms with Crippen LogP contribution in [0.5, 0.6) is 0 Å². The SMILES string of the molecule is Cc1csc(CCNCCn2cc(CN)nn2)n1. The molecule has 2 aromatic rings. The Morgan fingerprint density at radius 3 is 3.00 bits per heavy atom. The molecule has 0 bridgehead atoms. The van der Waals surface area contributed by atoms with Gasteiger partial charge in [-0.25, -0.2) is 4.98 Å². The van der Waals surface area contributed by atoms with E-state index in [1.807, 2.05) is 17.8 Å². The van der Waals surface area contributed by atoms with Crippen molar-refractivity contribution in [1.29, 1.82) is 0 Å². The fourth-order valence-electron chi connectivity index (χ4n) is 1.57. The Balaban J connectivity index is 1.61. The largest absolute Gasteiger partial charge is 0.325 e. The molecule has 0 aliphatic heterocycles. The molecule has 0 fully saturated rings. The summed E-state index contributed by atoms with van der Waals surface area (Å²) in [6.45, 7) is 5.08. The van der Waals surface area contributed by atoms with Crippen LogP contribution in [0.4, 0.5) is 0 Å². The van der Waals surface area contributed by atoms with Gasteiger partial charge >= 0.3 is 0 Å². The van der Waals surface area contributed by atoms with Gasteiger partial charge in [-0.05, 0) is 6.92 Å². The number of nitrogens with zero attached hydrogens (tertiary/aromatic N) is 4. The first-order valence-corrected chi connectivity index (χ1v) is 6.86. The minimum atomic E-state index is 0.441. The van der Waals surface area contributed by atoms with Crippen molar-refractivity contribution in [3.8, 4) is 0 Å². The van der Waals surface area contributed by atoms with E-state index in [1.165, 1.54) is 5.01 Å². The third-order valence-electron chi connectivity index (χ3n) is 2.50. The van der Waals surface area contributed by atoms with Gasteiger partial charge < -0.3 is 11.1 Å². The first-order chi connectivity index (χ1) is 8.78. The smallest absolute Gasteiger partial charge is 0.0962 e. The van der Waals surface area contributed by atoms with E-state index >= 15 is 0 Å². The van der Waals surface area contributed by atoms with Gasteiger partial charge in [-0.15, -0.1) is 16.4 Å². The van der Waals surface area contributed by atoms with Crippen LogP contribution >= 0.6 is 11.3 Å². The highest BCUT2D eigenvalue weighted by molar-refractivity contribution is 7.09. The molecule has 0 aliphatic rings. The van der Waals surface area contributed by atoms with Crippen LogP contribution in [0.3, 0.4) is 0 Å². The van der Waals surface area contributed by atoms with E-state index in [2.05, 4.69) is 26.0 Å². The van der Waals surface area contributed by atoms with E-state index in [-0.39, 0.29) is 0 Å².